The molecule has 0 saturated carbocycles. The van der Waals surface area contributed by atoms with Crippen molar-refractivity contribution in [3.63, 3.8) is 0 Å². The number of aliphatic hydroxyl groups excluding tert-OH is 1. The SMILES string of the molecule is OC(c1ccc(Cl)cc1)c1ccc2c(c1)oc1ccccc12. The van der Waals surface area contributed by atoms with Gasteiger partial charge in [0.25, 0.3) is 0 Å². The summed E-state index contributed by atoms with van der Waals surface area (Å²) in [6.07, 6.45) is -0.699. The van der Waals surface area contributed by atoms with E-state index in [1.54, 1.807) is 12.1 Å². The molecular weight excluding hydrogens is 296 g/mol. The normalized spacial score (nSPS) is 12.8. The van der Waals surface area contributed by atoms with Gasteiger partial charge in [0, 0.05) is 15.8 Å². The molecule has 0 radical (unpaired) electrons. The molecule has 0 spiro atoms. The first-order chi connectivity index (χ1) is 10.7. The van der Waals surface area contributed by atoms with Crippen molar-refractivity contribution in [2.45, 2.75) is 6.10 Å². The van der Waals surface area contributed by atoms with Crippen molar-refractivity contribution < 1.29 is 9.52 Å². The topological polar surface area (TPSA) is 33.4 Å². The van der Waals surface area contributed by atoms with Gasteiger partial charge < -0.3 is 9.52 Å². The molecule has 2 nitrogen and oxygen atoms in total. The highest BCUT2D eigenvalue weighted by molar-refractivity contribution is 6.30. The van der Waals surface area contributed by atoms with Crippen molar-refractivity contribution in [3.8, 4) is 0 Å². The van der Waals surface area contributed by atoms with Crippen LogP contribution in [0.15, 0.2) is 71.1 Å². The molecule has 1 atom stereocenters. The second-order valence-electron chi connectivity index (χ2n) is 5.31. The Labute approximate surface area is 132 Å². The summed E-state index contributed by atoms with van der Waals surface area (Å²) in [7, 11) is 0. The summed E-state index contributed by atoms with van der Waals surface area (Å²) >= 11 is 5.89. The van der Waals surface area contributed by atoms with Gasteiger partial charge in [-0.2, -0.15) is 0 Å². The quantitative estimate of drug-likeness (QED) is 0.543. The summed E-state index contributed by atoms with van der Waals surface area (Å²) in [5.74, 6) is 0. The van der Waals surface area contributed by atoms with Gasteiger partial charge in [-0.25, -0.2) is 0 Å². The van der Waals surface area contributed by atoms with Crippen LogP contribution in [0, 0.1) is 0 Å². The number of fused-ring (bicyclic) bond motifs is 3. The predicted octanol–water partition coefficient (Wildman–Crippen LogP) is 5.32. The number of hydrogen-bond donors (Lipinski definition) is 1. The lowest BCUT2D eigenvalue weighted by Gasteiger charge is -2.11. The second kappa shape index (κ2) is 5.16. The van der Waals surface area contributed by atoms with Gasteiger partial charge in [0.1, 0.15) is 17.3 Å². The van der Waals surface area contributed by atoms with Gasteiger partial charge in [-0.3, -0.25) is 0 Å². The lowest BCUT2D eigenvalue weighted by molar-refractivity contribution is 0.220. The van der Waals surface area contributed by atoms with Crippen LogP contribution in [0.1, 0.15) is 17.2 Å². The maximum atomic E-state index is 10.5. The van der Waals surface area contributed by atoms with Crippen molar-refractivity contribution in [1.29, 1.82) is 0 Å². The molecule has 0 aliphatic rings. The lowest BCUT2D eigenvalue weighted by Crippen LogP contribution is -1.98. The summed E-state index contributed by atoms with van der Waals surface area (Å²) in [4.78, 5) is 0. The van der Waals surface area contributed by atoms with Gasteiger partial charge in [-0.15, -0.1) is 0 Å². The molecule has 1 aromatic heterocycles. The van der Waals surface area contributed by atoms with Crippen LogP contribution in [0.5, 0.6) is 0 Å². The molecule has 3 aromatic carbocycles. The number of para-hydroxylation sites is 1. The fourth-order valence-electron chi connectivity index (χ4n) is 2.75. The first kappa shape index (κ1) is 13.4. The molecule has 108 valence electrons. The van der Waals surface area contributed by atoms with Crippen LogP contribution in [-0.2, 0) is 0 Å². The minimum atomic E-state index is -0.699. The first-order valence-electron chi connectivity index (χ1n) is 7.07. The second-order valence-corrected chi connectivity index (χ2v) is 5.74. The smallest absolute Gasteiger partial charge is 0.135 e. The van der Waals surface area contributed by atoms with Crippen LogP contribution >= 0.6 is 11.6 Å². The summed E-state index contributed by atoms with van der Waals surface area (Å²) in [6, 6.07) is 21.0. The average Bonchev–Trinajstić information content (AvgIpc) is 2.92. The minimum absolute atomic E-state index is 0.656. The lowest BCUT2D eigenvalue weighted by atomic mass is 10.0. The van der Waals surface area contributed by atoms with E-state index in [0.29, 0.717) is 5.02 Å². The Bertz CT molecular complexity index is 954. The third-order valence-electron chi connectivity index (χ3n) is 3.90. The molecule has 0 fully saturated rings. The molecule has 0 aliphatic carbocycles. The summed E-state index contributed by atoms with van der Waals surface area (Å²) < 4.78 is 5.87. The maximum absolute atomic E-state index is 10.5. The highest BCUT2D eigenvalue weighted by Gasteiger charge is 2.13. The zero-order valence-electron chi connectivity index (χ0n) is 11.7. The largest absolute Gasteiger partial charge is 0.456 e. The number of halogens is 1. The average molecular weight is 309 g/mol. The van der Waals surface area contributed by atoms with Crippen molar-refractivity contribution in [3.05, 3.63) is 82.9 Å². The van der Waals surface area contributed by atoms with Gasteiger partial charge >= 0.3 is 0 Å². The van der Waals surface area contributed by atoms with Crippen molar-refractivity contribution in [1.82, 2.24) is 0 Å². The molecule has 1 heterocycles. The van der Waals surface area contributed by atoms with Crippen molar-refractivity contribution in [2.75, 3.05) is 0 Å². The summed E-state index contributed by atoms with van der Waals surface area (Å²) in [6.45, 7) is 0. The molecule has 4 aromatic rings. The van der Waals surface area contributed by atoms with Crippen LogP contribution in [0.25, 0.3) is 21.9 Å². The molecule has 0 amide bonds. The van der Waals surface area contributed by atoms with Gasteiger partial charge in [-0.1, -0.05) is 54.1 Å². The minimum Gasteiger partial charge on any atom is -0.456 e. The highest BCUT2D eigenvalue weighted by Crippen LogP contribution is 2.32. The highest BCUT2D eigenvalue weighted by atomic mass is 35.5. The van der Waals surface area contributed by atoms with E-state index in [0.717, 1.165) is 33.1 Å². The standard InChI is InChI=1S/C19H13ClO2/c20-14-8-5-12(6-9-14)19(21)13-7-10-16-15-3-1-2-4-17(15)22-18(16)11-13/h1-11,19,21H. The van der Waals surface area contributed by atoms with E-state index in [1.807, 2.05) is 54.6 Å². The first-order valence-corrected chi connectivity index (χ1v) is 7.45. The molecule has 22 heavy (non-hydrogen) atoms. The van der Waals surface area contributed by atoms with E-state index < -0.39 is 6.10 Å². The van der Waals surface area contributed by atoms with E-state index in [4.69, 9.17) is 16.0 Å². The molecule has 1 N–H and O–H groups in total. The molecule has 3 heteroatoms. The Hall–Kier alpha value is -2.29. The molecule has 4 rings (SSSR count). The monoisotopic (exact) mass is 308 g/mol. The molecule has 0 saturated heterocycles. The molecule has 0 bridgehead atoms. The predicted molar refractivity (Wildman–Crippen MR) is 89.2 cm³/mol. The van der Waals surface area contributed by atoms with Gasteiger partial charge in [0.2, 0.25) is 0 Å². The Morgan fingerprint density at radius 1 is 0.773 bits per heavy atom. The number of furan rings is 1. The van der Waals surface area contributed by atoms with E-state index >= 15 is 0 Å². The van der Waals surface area contributed by atoms with Crippen LogP contribution in [0.4, 0.5) is 0 Å². The van der Waals surface area contributed by atoms with E-state index in [1.165, 1.54) is 0 Å². The van der Waals surface area contributed by atoms with Crippen LogP contribution in [0.2, 0.25) is 5.02 Å². The third kappa shape index (κ3) is 2.17. The fraction of sp³-hybridized carbons (Fsp3) is 0.0526. The molecular formula is C19H13ClO2. The number of hydrogen-bond acceptors (Lipinski definition) is 2. The Kier molecular flexibility index (Phi) is 3.14. The number of rotatable bonds is 2. The van der Waals surface area contributed by atoms with Gasteiger partial charge in [0.05, 0.1) is 0 Å². The van der Waals surface area contributed by atoms with Gasteiger partial charge in [0.15, 0.2) is 0 Å². The third-order valence-corrected chi connectivity index (χ3v) is 4.16. The van der Waals surface area contributed by atoms with E-state index in [9.17, 15) is 5.11 Å². The Balaban J connectivity index is 1.81. The number of aliphatic hydroxyl groups is 1. The summed E-state index contributed by atoms with van der Waals surface area (Å²) in [5, 5.41) is 13.3. The van der Waals surface area contributed by atoms with Crippen LogP contribution in [0.3, 0.4) is 0 Å². The van der Waals surface area contributed by atoms with Crippen molar-refractivity contribution >= 4 is 33.5 Å². The fourth-order valence-corrected chi connectivity index (χ4v) is 2.88. The Morgan fingerprint density at radius 3 is 2.27 bits per heavy atom. The van der Waals surface area contributed by atoms with Crippen LogP contribution < -0.4 is 0 Å². The van der Waals surface area contributed by atoms with E-state index in [2.05, 4.69) is 0 Å². The molecule has 1 unspecified atom stereocenters. The van der Waals surface area contributed by atoms with Crippen LogP contribution in [-0.4, -0.2) is 5.11 Å². The zero-order chi connectivity index (χ0) is 15.1. The summed E-state index contributed by atoms with van der Waals surface area (Å²) in [5.41, 5.74) is 3.25. The molecule has 0 aliphatic heterocycles. The Morgan fingerprint density at radius 2 is 1.45 bits per heavy atom. The van der Waals surface area contributed by atoms with E-state index in [-0.39, 0.29) is 0 Å². The maximum Gasteiger partial charge on any atom is 0.135 e. The van der Waals surface area contributed by atoms with Gasteiger partial charge in [-0.05, 0) is 35.4 Å². The zero-order valence-corrected chi connectivity index (χ0v) is 12.4. The van der Waals surface area contributed by atoms with Crippen molar-refractivity contribution in [2.24, 2.45) is 0 Å². The number of benzene rings is 3.